The molecule has 5 rings (SSSR count). The van der Waals surface area contributed by atoms with Gasteiger partial charge in [0.15, 0.2) is 0 Å². The van der Waals surface area contributed by atoms with Crippen LogP contribution in [0, 0.1) is 0 Å². The van der Waals surface area contributed by atoms with Gasteiger partial charge in [-0.2, -0.15) is 0 Å². The molecular weight excluding hydrogens is 454 g/mol. The molecule has 0 amide bonds. The lowest BCUT2D eigenvalue weighted by Gasteiger charge is -2.47. The number of aliphatic hydroxyl groups excluding tert-OH is 1. The summed E-state index contributed by atoms with van der Waals surface area (Å²) in [6, 6.07) is 7.63. The zero-order chi connectivity index (χ0) is 23.7. The first kappa shape index (κ1) is 23.6. The summed E-state index contributed by atoms with van der Waals surface area (Å²) in [5.74, 6) is 0.909. The van der Waals surface area contributed by atoms with Crippen molar-refractivity contribution >= 4 is 23.7 Å². The van der Waals surface area contributed by atoms with Gasteiger partial charge in [-0.25, -0.2) is 9.97 Å². The van der Waals surface area contributed by atoms with Gasteiger partial charge in [0, 0.05) is 49.9 Å². The van der Waals surface area contributed by atoms with Crippen LogP contribution in [0.25, 0.3) is 0 Å². The zero-order valence-corrected chi connectivity index (χ0v) is 20.3. The van der Waals surface area contributed by atoms with Gasteiger partial charge in [0.05, 0.1) is 37.1 Å². The number of hydrogen-bond donors (Lipinski definition) is 1. The highest BCUT2D eigenvalue weighted by atomic mass is 35.5. The second-order valence-electron chi connectivity index (χ2n) is 9.45. The Morgan fingerprint density at radius 2 is 1.74 bits per heavy atom. The second kappa shape index (κ2) is 10.3. The predicted octanol–water partition coefficient (Wildman–Crippen LogP) is 2.43. The normalized spacial score (nSPS) is 25.7. The van der Waals surface area contributed by atoms with Crippen LogP contribution in [-0.4, -0.2) is 89.8 Å². The van der Waals surface area contributed by atoms with E-state index in [1.165, 1.54) is 0 Å². The first-order valence-corrected chi connectivity index (χ1v) is 12.5. The fraction of sp³-hybridized carbons (Fsp3) is 0.560. The van der Waals surface area contributed by atoms with Gasteiger partial charge in [-0.1, -0.05) is 30.7 Å². The molecule has 9 heteroatoms. The van der Waals surface area contributed by atoms with Gasteiger partial charge in [0.1, 0.15) is 18.4 Å². The highest BCUT2D eigenvalue weighted by Gasteiger charge is 2.38. The minimum Gasteiger partial charge on any atom is -0.387 e. The van der Waals surface area contributed by atoms with Crippen molar-refractivity contribution in [1.82, 2.24) is 19.8 Å². The number of aromatic nitrogens is 2. The highest BCUT2D eigenvalue weighted by Crippen LogP contribution is 2.43. The number of rotatable bonds is 6. The molecule has 1 aliphatic carbocycles. The van der Waals surface area contributed by atoms with Gasteiger partial charge in [0.25, 0.3) is 0 Å². The lowest BCUT2D eigenvalue weighted by Crippen LogP contribution is -2.60. The van der Waals surface area contributed by atoms with Gasteiger partial charge in [-0.05, 0) is 30.0 Å². The van der Waals surface area contributed by atoms with Crippen LogP contribution < -0.4 is 4.90 Å². The Morgan fingerprint density at radius 3 is 2.41 bits per heavy atom. The van der Waals surface area contributed by atoms with Crippen LogP contribution in [-0.2, 0) is 9.53 Å². The molecule has 0 saturated carbocycles. The van der Waals surface area contributed by atoms with E-state index >= 15 is 0 Å². The lowest BCUT2D eigenvalue weighted by molar-refractivity contribution is -0.115. The predicted molar refractivity (Wildman–Crippen MR) is 130 cm³/mol. The van der Waals surface area contributed by atoms with Crippen LogP contribution in [0.3, 0.4) is 0 Å². The van der Waals surface area contributed by atoms with E-state index in [1.54, 1.807) is 6.33 Å². The summed E-state index contributed by atoms with van der Waals surface area (Å²) in [6.07, 6.45) is 2.80. The number of aliphatic hydroxyl groups is 1. The smallest absolute Gasteiger partial charge is 0.135 e. The molecular formula is C25H32ClN5O3. The molecule has 2 aliphatic heterocycles. The first-order valence-electron chi connectivity index (χ1n) is 12.1. The Kier molecular flexibility index (Phi) is 7.13. The van der Waals surface area contributed by atoms with E-state index in [2.05, 4.69) is 31.6 Å². The molecule has 1 N–H and O–H groups in total. The van der Waals surface area contributed by atoms with Crippen molar-refractivity contribution in [2.45, 2.75) is 37.5 Å². The Morgan fingerprint density at radius 1 is 1.06 bits per heavy atom. The number of ether oxygens (including phenoxy) is 1. The molecule has 2 aromatic rings. The maximum atomic E-state index is 12.4. The Balaban J connectivity index is 1.37. The summed E-state index contributed by atoms with van der Waals surface area (Å²) in [5.41, 5.74) is 2.84. The largest absolute Gasteiger partial charge is 0.387 e. The van der Waals surface area contributed by atoms with Crippen LogP contribution in [0.2, 0.25) is 5.02 Å². The molecule has 0 radical (unpaired) electrons. The van der Waals surface area contributed by atoms with Crippen LogP contribution in [0.15, 0.2) is 30.6 Å². The minimum absolute atomic E-state index is 0.0402. The SMILES string of the molecule is C[C@@H]1C[C@@H](O)c2ncnc(N3CCN(C(C(C=O)c4ccc(Cl)cc4)N4CCOCC4)CC3)c21. The van der Waals surface area contributed by atoms with Gasteiger partial charge in [-0.3, -0.25) is 9.80 Å². The van der Waals surface area contributed by atoms with Crippen molar-refractivity contribution in [2.75, 3.05) is 57.4 Å². The van der Waals surface area contributed by atoms with Gasteiger partial charge >= 0.3 is 0 Å². The van der Waals surface area contributed by atoms with E-state index in [1.807, 2.05) is 24.3 Å². The number of piperazine rings is 1. The number of benzene rings is 1. The third-order valence-corrected chi connectivity index (χ3v) is 7.66. The minimum atomic E-state index is -0.508. The Hall–Kier alpha value is -2.10. The fourth-order valence-electron chi connectivity index (χ4n) is 5.69. The second-order valence-corrected chi connectivity index (χ2v) is 9.88. The Labute approximate surface area is 205 Å². The molecule has 1 aromatic carbocycles. The molecule has 0 spiro atoms. The molecule has 0 bridgehead atoms. The number of morpholine rings is 1. The summed E-state index contributed by atoms with van der Waals surface area (Å²) < 4.78 is 5.60. The lowest BCUT2D eigenvalue weighted by atomic mass is 9.94. The number of carbonyl (C=O) groups is 1. The summed E-state index contributed by atoms with van der Waals surface area (Å²) in [7, 11) is 0. The zero-order valence-electron chi connectivity index (χ0n) is 19.5. The van der Waals surface area contributed by atoms with E-state index in [0.29, 0.717) is 24.7 Å². The van der Waals surface area contributed by atoms with Crippen molar-refractivity contribution in [3.8, 4) is 0 Å². The third kappa shape index (κ3) is 4.57. The van der Waals surface area contributed by atoms with Crippen LogP contribution in [0.5, 0.6) is 0 Å². The summed E-state index contributed by atoms with van der Waals surface area (Å²) in [6.45, 7) is 8.33. The summed E-state index contributed by atoms with van der Waals surface area (Å²) in [4.78, 5) is 28.5. The highest BCUT2D eigenvalue weighted by molar-refractivity contribution is 6.30. The van der Waals surface area contributed by atoms with E-state index in [-0.39, 0.29) is 18.0 Å². The standard InChI is InChI=1S/C25H32ClN5O3/c1-17-14-21(33)23-22(17)24(28-16-27-23)29-6-8-30(9-7-29)25(31-10-12-34-13-11-31)20(15-32)18-2-4-19(26)5-3-18/h2-5,15-17,20-21,25,33H,6-14H2,1H3/t17-,20?,21-,25?/m1/s1. The topological polar surface area (TPSA) is 82.0 Å². The van der Waals surface area contributed by atoms with Gasteiger partial charge < -0.3 is 19.5 Å². The third-order valence-electron chi connectivity index (χ3n) is 7.41. The van der Waals surface area contributed by atoms with Crippen molar-refractivity contribution in [3.63, 3.8) is 0 Å². The van der Waals surface area contributed by atoms with Crippen molar-refractivity contribution in [3.05, 3.63) is 52.4 Å². The summed E-state index contributed by atoms with van der Waals surface area (Å²) in [5, 5.41) is 11.0. The number of fused-ring (bicyclic) bond motifs is 1. The number of hydrogen-bond acceptors (Lipinski definition) is 8. The quantitative estimate of drug-likeness (QED) is 0.625. The molecule has 2 saturated heterocycles. The molecule has 34 heavy (non-hydrogen) atoms. The van der Waals surface area contributed by atoms with E-state index in [4.69, 9.17) is 16.3 Å². The molecule has 3 aliphatic rings. The number of anilines is 1. The van der Waals surface area contributed by atoms with Gasteiger partial charge in [0.2, 0.25) is 0 Å². The van der Waals surface area contributed by atoms with E-state index < -0.39 is 6.10 Å². The first-order chi connectivity index (χ1) is 16.6. The number of nitrogens with zero attached hydrogens (tertiary/aromatic N) is 5. The molecule has 8 nitrogen and oxygen atoms in total. The molecule has 2 unspecified atom stereocenters. The molecule has 3 heterocycles. The van der Waals surface area contributed by atoms with Crippen molar-refractivity contribution < 1.29 is 14.6 Å². The molecule has 1 aromatic heterocycles. The molecule has 2 fully saturated rings. The van der Waals surface area contributed by atoms with Crippen LogP contribution in [0.1, 0.15) is 48.1 Å². The summed E-state index contributed by atoms with van der Waals surface area (Å²) >= 11 is 6.11. The van der Waals surface area contributed by atoms with Crippen LogP contribution in [0.4, 0.5) is 5.82 Å². The van der Waals surface area contributed by atoms with Gasteiger partial charge in [-0.15, -0.1) is 0 Å². The number of carbonyl (C=O) groups excluding carboxylic acids is 1. The van der Waals surface area contributed by atoms with E-state index in [9.17, 15) is 9.90 Å². The van der Waals surface area contributed by atoms with E-state index in [0.717, 1.165) is 68.2 Å². The maximum absolute atomic E-state index is 12.4. The average molecular weight is 486 g/mol. The Bertz CT molecular complexity index is 993. The van der Waals surface area contributed by atoms with Crippen molar-refractivity contribution in [1.29, 1.82) is 0 Å². The molecule has 4 atom stereocenters. The number of halogens is 1. The fourth-order valence-corrected chi connectivity index (χ4v) is 5.81. The number of aldehydes is 1. The molecule has 182 valence electrons. The average Bonchev–Trinajstić information content (AvgIpc) is 3.17. The van der Waals surface area contributed by atoms with Crippen molar-refractivity contribution in [2.24, 2.45) is 0 Å². The monoisotopic (exact) mass is 485 g/mol. The maximum Gasteiger partial charge on any atom is 0.135 e. The van der Waals surface area contributed by atoms with Crippen LogP contribution >= 0.6 is 11.6 Å².